The maximum absolute atomic E-state index is 12.6. The summed E-state index contributed by atoms with van der Waals surface area (Å²) in [6, 6.07) is 8.40. The van der Waals surface area contributed by atoms with Crippen molar-refractivity contribution in [2.75, 3.05) is 5.88 Å². The van der Waals surface area contributed by atoms with Gasteiger partial charge in [0.2, 0.25) is 0 Å². The number of aromatic nitrogens is 2. The van der Waals surface area contributed by atoms with E-state index in [1.165, 1.54) is 16.9 Å². The summed E-state index contributed by atoms with van der Waals surface area (Å²) in [5.41, 5.74) is 3.28. The number of alkyl halides is 1. The van der Waals surface area contributed by atoms with Crippen LogP contribution >= 0.6 is 22.9 Å². The first-order chi connectivity index (χ1) is 10.6. The third kappa shape index (κ3) is 2.69. The molecule has 0 aliphatic carbocycles. The maximum Gasteiger partial charge on any atom is 0.262 e. The van der Waals surface area contributed by atoms with Crippen molar-refractivity contribution in [3.05, 3.63) is 51.9 Å². The number of aryl methyl sites for hydroxylation is 1. The molecule has 0 aliphatic rings. The van der Waals surface area contributed by atoms with Crippen molar-refractivity contribution in [1.29, 1.82) is 0 Å². The fourth-order valence-corrected chi connectivity index (χ4v) is 3.57. The number of hydrogen-bond donors (Lipinski definition) is 0. The number of hydrogen-bond acceptors (Lipinski definition) is 3. The third-order valence-electron chi connectivity index (χ3n) is 3.77. The number of rotatable bonds is 4. The second-order valence-corrected chi connectivity index (χ2v) is 6.77. The molecule has 0 fully saturated rings. The summed E-state index contributed by atoms with van der Waals surface area (Å²) in [6.07, 6.45) is 1.58. The average Bonchev–Trinajstić information content (AvgIpc) is 2.95. The largest absolute Gasteiger partial charge is 0.297 e. The van der Waals surface area contributed by atoms with Crippen molar-refractivity contribution >= 4 is 33.2 Å². The topological polar surface area (TPSA) is 34.9 Å². The Morgan fingerprint density at radius 1 is 1.27 bits per heavy atom. The van der Waals surface area contributed by atoms with E-state index >= 15 is 0 Å². The highest BCUT2D eigenvalue weighted by atomic mass is 35.5. The first-order valence-corrected chi connectivity index (χ1v) is 8.66. The molecule has 0 unspecified atom stereocenters. The highest BCUT2D eigenvalue weighted by Gasteiger charge is 2.13. The lowest BCUT2D eigenvalue weighted by Gasteiger charge is -2.07. The highest BCUT2D eigenvalue weighted by molar-refractivity contribution is 7.17. The minimum absolute atomic E-state index is 0.0187. The zero-order valence-electron chi connectivity index (χ0n) is 12.5. The monoisotopic (exact) mass is 332 g/mol. The van der Waals surface area contributed by atoms with E-state index in [1.807, 2.05) is 5.38 Å². The van der Waals surface area contributed by atoms with Crippen LogP contribution in [0.1, 0.15) is 25.3 Å². The Morgan fingerprint density at radius 3 is 2.64 bits per heavy atom. The number of halogens is 1. The SMILES string of the molecule is CC(C)c1ccc(-c2csc3ncn(CCCl)c(=O)c23)cc1. The predicted molar refractivity (Wildman–Crippen MR) is 94.1 cm³/mol. The van der Waals surface area contributed by atoms with Gasteiger partial charge >= 0.3 is 0 Å². The van der Waals surface area contributed by atoms with Crippen LogP contribution in [0.4, 0.5) is 0 Å². The van der Waals surface area contributed by atoms with Gasteiger partial charge in [-0.3, -0.25) is 9.36 Å². The van der Waals surface area contributed by atoms with Crippen LogP contribution in [0, 0.1) is 0 Å². The number of benzene rings is 1. The van der Waals surface area contributed by atoms with Gasteiger partial charge in [0.05, 0.1) is 11.7 Å². The van der Waals surface area contributed by atoms with Crippen LogP contribution in [-0.2, 0) is 6.54 Å². The van der Waals surface area contributed by atoms with Gasteiger partial charge in [-0.05, 0) is 17.0 Å². The summed E-state index contributed by atoms with van der Waals surface area (Å²) < 4.78 is 1.58. The van der Waals surface area contributed by atoms with E-state index in [0.717, 1.165) is 16.0 Å². The van der Waals surface area contributed by atoms with Gasteiger partial charge in [0, 0.05) is 23.4 Å². The van der Waals surface area contributed by atoms with E-state index in [1.54, 1.807) is 10.9 Å². The fraction of sp³-hybridized carbons (Fsp3) is 0.294. The second-order valence-electron chi connectivity index (χ2n) is 5.54. The molecule has 0 saturated carbocycles. The third-order valence-corrected chi connectivity index (χ3v) is 4.83. The molecule has 0 aliphatic heterocycles. The average molecular weight is 333 g/mol. The molecule has 0 bridgehead atoms. The zero-order valence-corrected chi connectivity index (χ0v) is 14.1. The van der Waals surface area contributed by atoms with Gasteiger partial charge in [-0.2, -0.15) is 0 Å². The molecule has 0 N–H and O–H groups in total. The summed E-state index contributed by atoms with van der Waals surface area (Å²) in [5.74, 6) is 0.895. The molecule has 0 spiro atoms. The van der Waals surface area contributed by atoms with Gasteiger partial charge in [0.1, 0.15) is 4.83 Å². The molecular formula is C17H17ClN2OS. The zero-order chi connectivity index (χ0) is 15.7. The minimum Gasteiger partial charge on any atom is -0.297 e. The Morgan fingerprint density at radius 2 is 2.00 bits per heavy atom. The van der Waals surface area contributed by atoms with Gasteiger partial charge in [-0.25, -0.2) is 4.98 Å². The van der Waals surface area contributed by atoms with Crippen molar-refractivity contribution < 1.29 is 0 Å². The molecular weight excluding hydrogens is 316 g/mol. The lowest BCUT2D eigenvalue weighted by molar-refractivity contribution is 0.723. The quantitative estimate of drug-likeness (QED) is 0.660. The normalized spacial score (nSPS) is 11.5. The number of fused-ring (bicyclic) bond motifs is 1. The maximum atomic E-state index is 12.6. The van der Waals surface area contributed by atoms with E-state index in [4.69, 9.17) is 11.6 Å². The Labute approximate surface area is 138 Å². The fourth-order valence-electron chi connectivity index (χ4n) is 2.48. The molecule has 0 radical (unpaired) electrons. The van der Waals surface area contributed by atoms with Crippen molar-refractivity contribution in [1.82, 2.24) is 9.55 Å². The van der Waals surface area contributed by atoms with Crippen molar-refractivity contribution in [3.63, 3.8) is 0 Å². The van der Waals surface area contributed by atoms with Gasteiger partial charge in [0.15, 0.2) is 0 Å². The number of nitrogens with zero attached hydrogens (tertiary/aromatic N) is 2. The molecule has 2 aromatic heterocycles. The van der Waals surface area contributed by atoms with Crippen LogP contribution < -0.4 is 5.56 Å². The summed E-state index contributed by atoms with van der Waals surface area (Å²) in [4.78, 5) is 17.8. The second kappa shape index (κ2) is 6.23. The molecule has 3 aromatic rings. The molecule has 3 nitrogen and oxygen atoms in total. The van der Waals surface area contributed by atoms with Gasteiger partial charge < -0.3 is 0 Å². The molecule has 0 atom stereocenters. The number of thiophene rings is 1. The van der Waals surface area contributed by atoms with Crippen molar-refractivity contribution in [2.45, 2.75) is 26.3 Å². The van der Waals surface area contributed by atoms with Gasteiger partial charge in [0.25, 0.3) is 5.56 Å². The summed E-state index contributed by atoms with van der Waals surface area (Å²) >= 11 is 7.25. The first kappa shape index (κ1) is 15.3. The minimum atomic E-state index is -0.0187. The lowest BCUT2D eigenvalue weighted by atomic mass is 9.99. The van der Waals surface area contributed by atoms with E-state index in [-0.39, 0.29) is 5.56 Å². The summed E-state index contributed by atoms with van der Waals surface area (Å²) in [6.45, 7) is 4.82. The summed E-state index contributed by atoms with van der Waals surface area (Å²) in [5, 5.41) is 2.70. The van der Waals surface area contributed by atoms with Crippen molar-refractivity contribution in [2.24, 2.45) is 0 Å². The van der Waals surface area contributed by atoms with Crippen LogP contribution in [-0.4, -0.2) is 15.4 Å². The van der Waals surface area contributed by atoms with Gasteiger partial charge in [-0.1, -0.05) is 38.1 Å². The highest BCUT2D eigenvalue weighted by Crippen LogP contribution is 2.31. The Kier molecular flexibility index (Phi) is 4.32. The first-order valence-electron chi connectivity index (χ1n) is 7.24. The van der Waals surface area contributed by atoms with Crippen LogP contribution in [0.3, 0.4) is 0 Å². The van der Waals surface area contributed by atoms with E-state index < -0.39 is 0 Å². The Balaban J connectivity index is 2.14. The smallest absolute Gasteiger partial charge is 0.262 e. The standard InChI is InChI=1S/C17H17ClN2OS/c1-11(2)12-3-5-13(6-4-12)14-9-22-16-15(14)17(21)20(8-7-18)10-19-16/h3-6,9-11H,7-8H2,1-2H3. The van der Waals surface area contributed by atoms with Crippen molar-refractivity contribution in [3.8, 4) is 11.1 Å². The Bertz CT molecular complexity index is 849. The lowest BCUT2D eigenvalue weighted by Crippen LogP contribution is -2.21. The van der Waals surface area contributed by atoms with Crippen LogP contribution in [0.15, 0.2) is 40.8 Å². The molecule has 22 heavy (non-hydrogen) atoms. The van der Waals surface area contributed by atoms with Gasteiger partial charge in [-0.15, -0.1) is 22.9 Å². The van der Waals surface area contributed by atoms with Crippen LogP contribution in [0.25, 0.3) is 21.3 Å². The molecule has 3 rings (SSSR count). The van der Waals surface area contributed by atoms with E-state index in [0.29, 0.717) is 23.7 Å². The van der Waals surface area contributed by atoms with Crippen LogP contribution in [0.2, 0.25) is 0 Å². The molecule has 5 heteroatoms. The Hall–Kier alpha value is -1.65. The van der Waals surface area contributed by atoms with E-state index in [2.05, 4.69) is 43.1 Å². The summed E-state index contributed by atoms with van der Waals surface area (Å²) in [7, 11) is 0. The molecule has 114 valence electrons. The van der Waals surface area contributed by atoms with Crippen LogP contribution in [0.5, 0.6) is 0 Å². The molecule has 2 heterocycles. The molecule has 0 saturated heterocycles. The van der Waals surface area contributed by atoms with E-state index in [9.17, 15) is 4.79 Å². The molecule has 0 amide bonds. The predicted octanol–water partition coefficient (Wildman–Crippen LogP) is 4.49. The molecule has 1 aromatic carbocycles.